The van der Waals surface area contributed by atoms with E-state index in [1.54, 1.807) is 7.11 Å². The van der Waals surface area contributed by atoms with Gasteiger partial charge in [0.2, 0.25) is 21.8 Å². The van der Waals surface area contributed by atoms with E-state index in [0.29, 0.717) is 40.9 Å². The molecule has 294 valence electrons. The van der Waals surface area contributed by atoms with E-state index in [1.165, 1.54) is 11.0 Å². The highest BCUT2D eigenvalue weighted by molar-refractivity contribution is 7.91. The Hall–Kier alpha value is -5.27. The molecule has 13 heteroatoms. The number of nitrogens with zero attached hydrogens (tertiary/aromatic N) is 2. The molecule has 56 heavy (non-hydrogen) atoms. The highest BCUT2D eigenvalue weighted by Gasteiger charge is 2.63. The molecule has 0 bridgehead atoms. The number of methoxy groups -OCH3 is 1. The van der Waals surface area contributed by atoms with E-state index in [1.807, 2.05) is 106 Å². The highest BCUT2D eigenvalue weighted by atomic mass is 32.2. The van der Waals surface area contributed by atoms with Crippen LogP contribution in [0, 0.1) is 11.3 Å². The van der Waals surface area contributed by atoms with Crippen molar-refractivity contribution in [3.05, 3.63) is 103 Å². The van der Waals surface area contributed by atoms with Crippen molar-refractivity contribution in [1.82, 2.24) is 19.9 Å². The van der Waals surface area contributed by atoms with E-state index < -0.39 is 67.6 Å². The first-order valence-corrected chi connectivity index (χ1v) is 20.4. The topological polar surface area (TPSA) is 170 Å². The molecule has 2 saturated carbocycles. The number of hydrogen-bond acceptors (Lipinski definition) is 9. The van der Waals surface area contributed by atoms with Gasteiger partial charge < -0.3 is 25.4 Å². The molecule has 2 heterocycles. The minimum absolute atomic E-state index is 0.0435. The first kappa shape index (κ1) is 39.0. The molecular weight excluding hydrogens is 731 g/mol. The lowest BCUT2D eigenvalue weighted by Crippen LogP contribution is -2.59. The number of amides is 3. The highest BCUT2D eigenvalue weighted by Crippen LogP contribution is 2.48. The monoisotopic (exact) mass is 779 g/mol. The van der Waals surface area contributed by atoms with Crippen LogP contribution in [0.1, 0.15) is 52.0 Å². The number of pyridine rings is 1. The van der Waals surface area contributed by atoms with Crippen molar-refractivity contribution in [1.29, 1.82) is 0 Å². The van der Waals surface area contributed by atoms with Gasteiger partial charge in [0.05, 0.1) is 35.7 Å². The lowest BCUT2D eigenvalue weighted by Gasteiger charge is -2.33. The fourth-order valence-electron chi connectivity index (χ4n) is 7.57. The summed E-state index contributed by atoms with van der Waals surface area (Å²) in [6.45, 7) is 9.43. The maximum Gasteiger partial charge on any atom is 0.259 e. The number of sulfonamides is 1. The number of likely N-dealkylation sites (tertiary alicyclic amines) is 1. The smallest absolute Gasteiger partial charge is 0.259 e. The lowest BCUT2D eigenvalue weighted by molar-refractivity contribution is -0.142. The standard InChI is InChI=1S/C43H49N5O7S/c1-6-29-25-43(29,40(51)47-56(52,53)42(19-20-42)24-27-13-9-7-10-14-27)46-38(49)35-22-31(26-48(35)39(50)37(44)41(2,3)4)55-36-23-33(28-15-11-8-12-16-28)45-34-21-30(54-5)17-18-32(34)36/h6-18,21,23,29,31,35,37H,1,19-20,22,24-26,44H2,2-5H3,(H,46,49)(H,47,51). The van der Waals surface area contributed by atoms with Crippen LogP contribution in [-0.2, 0) is 30.8 Å². The quantitative estimate of drug-likeness (QED) is 0.160. The number of nitrogens with one attached hydrogen (secondary N) is 2. The summed E-state index contributed by atoms with van der Waals surface area (Å²) >= 11 is 0. The van der Waals surface area contributed by atoms with E-state index >= 15 is 0 Å². The van der Waals surface area contributed by atoms with Gasteiger partial charge in [-0.3, -0.25) is 19.1 Å². The number of hydrogen-bond donors (Lipinski definition) is 3. The molecular formula is C43H49N5O7S. The maximum atomic E-state index is 14.4. The van der Waals surface area contributed by atoms with E-state index in [9.17, 15) is 22.8 Å². The van der Waals surface area contributed by atoms with Gasteiger partial charge in [0, 0.05) is 35.4 Å². The average Bonchev–Trinajstić information content (AvgIpc) is 4.08. The Labute approximate surface area is 327 Å². The molecule has 2 aliphatic carbocycles. The normalized spacial score (nSPS) is 23.2. The first-order chi connectivity index (χ1) is 26.6. The summed E-state index contributed by atoms with van der Waals surface area (Å²) in [6, 6.07) is 24.2. The molecule has 3 amide bonds. The lowest BCUT2D eigenvalue weighted by atomic mass is 9.86. The number of fused-ring (bicyclic) bond motifs is 1. The molecule has 1 saturated heterocycles. The minimum atomic E-state index is -4.12. The Balaban J connectivity index is 1.16. The number of rotatable bonds is 13. The zero-order valence-corrected chi connectivity index (χ0v) is 33.0. The van der Waals surface area contributed by atoms with Crippen molar-refractivity contribution in [2.45, 2.75) is 81.3 Å². The van der Waals surface area contributed by atoms with Crippen LogP contribution >= 0.6 is 0 Å². The Kier molecular flexibility index (Phi) is 10.2. The molecule has 0 spiro atoms. The Morgan fingerprint density at radius 1 is 1.04 bits per heavy atom. The summed E-state index contributed by atoms with van der Waals surface area (Å²) in [5.41, 5.74) is 7.35. The number of ether oxygens (including phenoxy) is 2. The third-order valence-corrected chi connectivity index (χ3v) is 13.6. The number of nitrogens with two attached hydrogens (primary N) is 1. The van der Waals surface area contributed by atoms with E-state index in [4.69, 9.17) is 20.2 Å². The summed E-state index contributed by atoms with van der Waals surface area (Å²) in [5, 5.41) is 3.59. The number of aromatic nitrogens is 1. The van der Waals surface area contributed by atoms with Crippen molar-refractivity contribution < 1.29 is 32.3 Å². The molecule has 1 aliphatic heterocycles. The third kappa shape index (κ3) is 7.49. The van der Waals surface area contributed by atoms with Gasteiger partial charge in [-0.1, -0.05) is 87.5 Å². The molecule has 3 aromatic carbocycles. The summed E-state index contributed by atoms with van der Waals surface area (Å²) in [6.07, 6.45) is 2.23. The summed E-state index contributed by atoms with van der Waals surface area (Å²) in [5.74, 6) is -1.25. The third-order valence-electron chi connectivity index (χ3n) is 11.4. The van der Waals surface area contributed by atoms with Gasteiger partial charge in [-0.2, -0.15) is 0 Å². The molecule has 5 atom stereocenters. The van der Waals surface area contributed by atoms with Crippen molar-refractivity contribution >= 4 is 38.6 Å². The molecule has 7 rings (SSSR count). The fourth-order valence-corrected chi connectivity index (χ4v) is 9.21. The van der Waals surface area contributed by atoms with E-state index in [2.05, 4.69) is 16.6 Å². The minimum Gasteiger partial charge on any atom is -0.497 e. The van der Waals surface area contributed by atoms with Gasteiger partial charge in [0.15, 0.2) is 0 Å². The molecule has 3 aliphatic rings. The van der Waals surface area contributed by atoms with Crippen molar-refractivity contribution in [2.24, 2.45) is 17.1 Å². The van der Waals surface area contributed by atoms with Gasteiger partial charge in [0.25, 0.3) is 5.91 Å². The summed E-state index contributed by atoms with van der Waals surface area (Å²) in [7, 11) is -2.53. The second-order valence-electron chi connectivity index (χ2n) is 16.4. The van der Waals surface area contributed by atoms with Crippen LogP contribution in [0.5, 0.6) is 11.5 Å². The Morgan fingerprint density at radius 3 is 2.32 bits per heavy atom. The summed E-state index contributed by atoms with van der Waals surface area (Å²) < 4.78 is 40.9. The largest absolute Gasteiger partial charge is 0.497 e. The van der Waals surface area contributed by atoms with Gasteiger partial charge in [0.1, 0.15) is 29.2 Å². The number of benzene rings is 3. The molecule has 3 fully saturated rings. The number of carbonyl (C=O) groups excluding carboxylic acids is 3. The SMILES string of the molecule is C=CC1CC1(NC(=O)C1CC(Oc2cc(-c3ccccc3)nc3cc(OC)ccc23)CN1C(=O)C(N)C(C)(C)C)C(=O)NS(=O)(=O)C1(Cc2ccccc2)CC1. The zero-order chi connectivity index (χ0) is 40.0. The van der Waals surface area contributed by atoms with Crippen LogP contribution in [0.2, 0.25) is 0 Å². The van der Waals surface area contributed by atoms with E-state index in [0.717, 1.165) is 11.1 Å². The van der Waals surface area contributed by atoms with Crippen LogP contribution in [0.25, 0.3) is 22.2 Å². The Bertz CT molecular complexity index is 2270. The van der Waals surface area contributed by atoms with Gasteiger partial charge in [-0.15, -0.1) is 6.58 Å². The average molecular weight is 780 g/mol. The molecule has 0 radical (unpaired) electrons. The Morgan fingerprint density at radius 2 is 1.71 bits per heavy atom. The van der Waals surface area contributed by atoms with Crippen LogP contribution in [-0.4, -0.2) is 78.2 Å². The van der Waals surface area contributed by atoms with Crippen molar-refractivity contribution in [3.63, 3.8) is 0 Å². The van der Waals surface area contributed by atoms with Crippen LogP contribution in [0.15, 0.2) is 97.6 Å². The zero-order valence-electron chi connectivity index (χ0n) is 32.2. The molecule has 4 aromatic rings. The molecule has 1 aromatic heterocycles. The predicted molar refractivity (Wildman–Crippen MR) is 214 cm³/mol. The van der Waals surface area contributed by atoms with Crippen LogP contribution in [0.3, 0.4) is 0 Å². The van der Waals surface area contributed by atoms with E-state index in [-0.39, 0.29) is 25.8 Å². The molecule has 12 nitrogen and oxygen atoms in total. The van der Waals surface area contributed by atoms with Gasteiger partial charge in [-0.05, 0) is 48.8 Å². The van der Waals surface area contributed by atoms with Gasteiger partial charge >= 0.3 is 0 Å². The first-order valence-electron chi connectivity index (χ1n) is 18.9. The predicted octanol–water partition coefficient (Wildman–Crippen LogP) is 4.91. The van der Waals surface area contributed by atoms with Crippen LogP contribution < -0.4 is 25.2 Å². The second kappa shape index (κ2) is 14.7. The second-order valence-corrected chi connectivity index (χ2v) is 18.4. The number of carbonyl (C=O) groups is 3. The van der Waals surface area contributed by atoms with Crippen LogP contribution in [0.4, 0.5) is 0 Å². The van der Waals surface area contributed by atoms with Gasteiger partial charge in [-0.25, -0.2) is 13.4 Å². The van der Waals surface area contributed by atoms with Crippen molar-refractivity contribution in [2.75, 3.05) is 13.7 Å². The summed E-state index contributed by atoms with van der Waals surface area (Å²) in [4.78, 5) is 48.8. The fraction of sp³-hybridized carbons (Fsp3) is 0.395. The molecule has 5 unspecified atom stereocenters. The maximum absolute atomic E-state index is 14.4. The van der Waals surface area contributed by atoms with Crippen molar-refractivity contribution in [3.8, 4) is 22.8 Å². The molecule has 4 N–H and O–H groups in total.